The molecule has 0 spiro atoms. The van der Waals surface area contributed by atoms with Crippen molar-refractivity contribution >= 4 is 43.1 Å². The topological polar surface area (TPSA) is 20.2 Å². The summed E-state index contributed by atoms with van der Waals surface area (Å²) in [6, 6.07) is 37.1. The summed E-state index contributed by atoms with van der Waals surface area (Å²) < 4.78 is 2.48. The molecule has 0 amide bonds. The first-order valence-electron chi connectivity index (χ1n) is 11.3. The smallest absolute Gasteiger partial charge is 0.142 e. The third kappa shape index (κ3) is 2.65. The number of hydrogen-bond acceptors (Lipinski definition) is 2. The van der Waals surface area contributed by atoms with Crippen molar-refractivity contribution in [1.82, 2.24) is 0 Å². The Labute approximate surface area is 206 Å². The number of aliphatic hydroxyl groups is 1. The molecule has 1 N–H and O–H groups in total. The van der Waals surface area contributed by atoms with Gasteiger partial charge < -0.3 is 5.11 Å². The maximum Gasteiger partial charge on any atom is 0.142 e. The first kappa shape index (κ1) is 20.0. The largest absolute Gasteiger partial charge is 0.376 e. The summed E-state index contributed by atoms with van der Waals surface area (Å²) in [5, 5.41) is 15.7. The Morgan fingerprint density at radius 3 is 1.91 bits per heavy atom. The number of rotatable bonds is 2. The third-order valence-corrected chi connectivity index (χ3v) is 8.44. The SMILES string of the molecule is OC1(c2cc(Cl)ccc2-c2cccc3c2sc2ccccc23)c2ccccc2-c2ccccc21. The third-order valence-electron chi connectivity index (χ3n) is 6.99. The van der Waals surface area contributed by atoms with Crippen LogP contribution in [0.15, 0.2) is 109 Å². The van der Waals surface area contributed by atoms with Crippen molar-refractivity contribution in [2.24, 2.45) is 0 Å². The molecule has 1 heterocycles. The molecule has 1 nitrogen and oxygen atoms in total. The normalized spacial score (nSPS) is 13.8. The Hall–Kier alpha value is -3.43. The van der Waals surface area contributed by atoms with Gasteiger partial charge in [0.1, 0.15) is 5.60 Å². The van der Waals surface area contributed by atoms with Crippen LogP contribution in [0.1, 0.15) is 16.7 Å². The Morgan fingerprint density at radius 1 is 0.559 bits per heavy atom. The van der Waals surface area contributed by atoms with E-state index in [0.717, 1.165) is 38.9 Å². The molecular formula is C31H19ClOS. The van der Waals surface area contributed by atoms with E-state index in [2.05, 4.69) is 60.7 Å². The molecule has 5 aromatic carbocycles. The summed E-state index contributed by atoms with van der Waals surface area (Å²) in [4.78, 5) is 0. The molecule has 1 aromatic heterocycles. The van der Waals surface area contributed by atoms with Gasteiger partial charge in [-0.2, -0.15) is 0 Å². The lowest BCUT2D eigenvalue weighted by molar-refractivity contribution is 0.131. The second-order valence-corrected chi connectivity index (χ2v) is 10.3. The highest BCUT2D eigenvalue weighted by Gasteiger charge is 2.44. The van der Waals surface area contributed by atoms with Gasteiger partial charge in [-0.25, -0.2) is 0 Å². The molecule has 0 atom stereocenters. The van der Waals surface area contributed by atoms with Crippen LogP contribution in [0, 0.1) is 0 Å². The van der Waals surface area contributed by atoms with E-state index in [4.69, 9.17) is 11.6 Å². The van der Waals surface area contributed by atoms with Gasteiger partial charge in [0.15, 0.2) is 0 Å². The van der Waals surface area contributed by atoms with E-state index in [9.17, 15) is 5.11 Å². The average Bonchev–Trinajstić information content (AvgIpc) is 3.39. The molecule has 0 unspecified atom stereocenters. The minimum absolute atomic E-state index is 0.609. The second-order valence-electron chi connectivity index (χ2n) is 8.77. The quantitative estimate of drug-likeness (QED) is 0.266. The lowest BCUT2D eigenvalue weighted by atomic mass is 9.80. The molecule has 0 aliphatic heterocycles. The highest BCUT2D eigenvalue weighted by Crippen LogP contribution is 2.53. The molecule has 7 rings (SSSR count). The highest BCUT2D eigenvalue weighted by molar-refractivity contribution is 7.26. The van der Waals surface area contributed by atoms with Crippen molar-refractivity contribution in [1.29, 1.82) is 0 Å². The van der Waals surface area contributed by atoms with Crippen LogP contribution in [-0.2, 0) is 5.60 Å². The summed E-state index contributed by atoms with van der Waals surface area (Å²) in [5.74, 6) is 0. The number of benzene rings is 5. The van der Waals surface area contributed by atoms with Crippen LogP contribution < -0.4 is 0 Å². The molecule has 6 aromatic rings. The Bertz CT molecular complexity index is 1700. The van der Waals surface area contributed by atoms with Crippen LogP contribution >= 0.6 is 22.9 Å². The predicted molar refractivity (Wildman–Crippen MR) is 144 cm³/mol. The lowest BCUT2D eigenvalue weighted by Gasteiger charge is -2.29. The fraction of sp³-hybridized carbons (Fsp3) is 0.0323. The van der Waals surface area contributed by atoms with E-state index in [1.54, 1.807) is 11.3 Å². The Morgan fingerprint density at radius 2 is 1.15 bits per heavy atom. The van der Waals surface area contributed by atoms with Gasteiger partial charge in [-0.15, -0.1) is 11.3 Å². The van der Waals surface area contributed by atoms with Gasteiger partial charge in [0.2, 0.25) is 0 Å². The summed E-state index contributed by atoms with van der Waals surface area (Å²) in [7, 11) is 0. The van der Waals surface area contributed by atoms with E-state index in [0.29, 0.717) is 5.02 Å². The van der Waals surface area contributed by atoms with Gasteiger partial charge in [0, 0.05) is 41.9 Å². The number of halogens is 1. The van der Waals surface area contributed by atoms with Crippen LogP contribution in [0.5, 0.6) is 0 Å². The van der Waals surface area contributed by atoms with Gasteiger partial charge in [-0.3, -0.25) is 0 Å². The second kappa shape index (κ2) is 7.28. The van der Waals surface area contributed by atoms with Gasteiger partial charge in [-0.1, -0.05) is 103 Å². The molecule has 3 heteroatoms. The van der Waals surface area contributed by atoms with Crippen molar-refractivity contribution in [3.05, 3.63) is 131 Å². The Kier molecular flexibility index (Phi) is 4.28. The van der Waals surface area contributed by atoms with Gasteiger partial charge in [0.25, 0.3) is 0 Å². The van der Waals surface area contributed by atoms with Crippen molar-refractivity contribution in [2.45, 2.75) is 5.60 Å². The molecule has 1 aliphatic rings. The van der Waals surface area contributed by atoms with Crippen LogP contribution in [0.2, 0.25) is 5.02 Å². The first-order valence-corrected chi connectivity index (χ1v) is 12.5. The minimum atomic E-state index is -1.30. The molecule has 1 aliphatic carbocycles. The number of thiophene rings is 1. The molecular weight excluding hydrogens is 456 g/mol. The van der Waals surface area contributed by atoms with Crippen molar-refractivity contribution in [3.63, 3.8) is 0 Å². The van der Waals surface area contributed by atoms with Gasteiger partial charge >= 0.3 is 0 Å². The van der Waals surface area contributed by atoms with Crippen LogP contribution in [0.25, 0.3) is 42.4 Å². The van der Waals surface area contributed by atoms with E-state index in [-0.39, 0.29) is 0 Å². The molecule has 34 heavy (non-hydrogen) atoms. The van der Waals surface area contributed by atoms with Gasteiger partial charge in [0.05, 0.1) is 0 Å². The van der Waals surface area contributed by atoms with Crippen LogP contribution in [-0.4, -0.2) is 5.11 Å². The lowest BCUT2D eigenvalue weighted by Crippen LogP contribution is -2.27. The molecule has 0 radical (unpaired) electrons. The van der Waals surface area contributed by atoms with E-state index >= 15 is 0 Å². The molecule has 0 bridgehead atoms. The maximum atomic E-state index is 12.6. The van der Waals surface area contributed by atoms with E-state index in [1.165, 1.54) is 20.2 Å². The zero-order valence-electron chi connectivity index (χ0n) is 18.1. The zero-order valence-corrected chi connectivity index (χ0v) is 19.7. The fourth-order valence-electron chi connectivity index (χ4n) is 5.51. The average molecular weight is 475 g/mol. The van der Waals surface area contributed by atoms with Crippen LogP contribution in [0.4, 0.5) is 0 Å². The molecule has 0 saturated heterocycles. The van der Waals surface area contributed by atoms with Crippen molar-refractivity contribution in [2.75, 3.05) is 0 Å². The zero-order chi connectivity index (χ0) is 22.9. The maximum absolute atomic E-state index is 12.6. The standard InChI is InChI=1S/C31H19ClOS/c32-19-16-17-22(24-11-7-12-25-23-10-3-6-15-29(23)34-30(24)25)28(18-19)31(33)26-13-4-1-8-20(26)21-9-2-5-14-27(21)31/h1-18,33H. The summed E-state index contributed by atoms with van der Waals surface area (Å²) in [6.45, 7) is 0. The summed E-state index contributed by atoms with van der Waals surface area (Å²) in [5.41, 5.74) is 5.52. The summed E-state index contributed by atoms with van der Waals surface area (Å²) >= 11 is 8.37. The van der Waals surface area contributed by atoms with E-state index in [1.807, 2.05) is 48.5 Å². The summed E-state index contributed by atoms with van der Waals surface area (Å²) in [6.07, 6.45) is 0. The first-order chi connectivity index (χ1) is 16.7. The minimum Gasteiger partial charge on any atom is -0.376 e. The fourth-order valence-corrected chi connectivity index (χ4v) is 6.91. The van der Waals surface area contributed by atoms with E-state index < -0.39 is 5.60 Å². The van der Waals surface area contributed by atoms with Crippen molar-refractivity contribution < 1.29 is 5.11 Å². The highest BCUT2D eigenvalue weighted by atomic mass is 35.5. The number of fused-ring (bicyclic) bond motifs is 6. The molecule has 0 fully saturated rings. The molecule has 162 valence electrons. The van der Waals surface area contributed by atoms with Crippen LogP contribution in [0.3, 0.4) is 0 Å². The Balaban J connectivity index is 1.58. The van der Waals surface area contributed by atoms with Gasteiger partial charge in [-0.05, 0) is 40.5 Å². The predicted octanol–water partition coefficient (Wildman–Crippen LogP) is 8.64. The molecule has 0 saturated carbocycles. The number of hydrogen-bond donors (Lipinski definition) is 1. The van der Waals surface area contributed by atoms with Crippen molar-refractivity contribution in [3.8, 4) is 22.3 Å². The monoisotopic (exact) mass is 474 g/mol.